The third-order valence-electron chi connectivity index (χ3n) is 6.93. The van der Waals surface area contributed by atoms with E-state index in [1.54, 1.807) is 7.11 Å². The number of aryl methyl sites for hydroxylation is 2. The van der Waals surface area contributed by atoms with Gasteiger partial charge in [-0.25, -0.2) is 4.79 Å². The SMILES string of the molecule is CCC1(c2ccccc2)NC(=O)N(CC(=O)c2cc(C)n(CCc3ccc(OC)cc3)c2C)C1=O. The van der Waals surface area contributed by atoms with Gasteiger partial charge in [0.25, 0.3) is 5.91 Å². The van der Waals surface area contributed by atoms with Gasteiger partial charge in [0.2, 0.25) is 0 Å². The number of Topliss-reactive ketones (excluding diaryl/α,β-unsaturated/α-hetero) is 1. The van der Waals surface area contributed by atoms with Gasteiger partial charge in [-0.15, -0.1) is 0 Å². The number of hydrogen-bond acceptors (Lipinski definition) is 4. The molecule has 1 atom stereocenters. The van der Waals surface area contributed by atoms with E-state index in [1.807, 2.05) is 81.4 Å². The molecule has 182 valence electrons. The average molecular weight is 474 g/mol. The fourth-order valence-electron chi connectivity index (χ4n) is 4.82. The topological polar surface area (TPSA) is 80.6 Å². The first kappa shape index (κ1) is 24.3. The van der Waals surface area contributed by atoms with Gasteiger partial charge in [-0.05, 0) is 56.0 Å². The quantitative estimate of drug-likeness (QED) is 0.369. The lowest BCUT2D eigenvalue weighted by Crippen LogP contribution is -2.43. The molecule has 3 amide bonds. The van der Waals surface area contributed by atoms with Crippen molar-refractivity contribution >= 4 is 17.7 Å². The van der Waals surface area contributed by atoms with Crippen molar-refractivity contribution < 1.29 is 19.1 Å². The number of ketones is 1. The Hall–Kier alpha value is -3.87. The zero-order valence-corrected chi connectivity index (χ0v) is 20.6. The molecule has 1 fully saturated rings. The van der Waals surface area contributed by atoms with Crippen LogP contribution in [0.25, 0.3) is 0 Å². The van der Waals surface area contributed by atoms with Gasteiger partial charge in [-0.3, -0.25) is 14.5 Å². The monoisotopic (exact) mass is 473 g/mol. The maximum absolute atomic E-state index is 13.4. The molecule has 1 aliphatic rings. The Bertz CT molecular complexity index is 1250. The van der Waals surface area contributed by atoms with E-state index in [4.69, 9.17) is 4.74 Å². The number of hydrogen-bond donors (Lipinski definition) is 1. The number of amides is 3. The molecule has 4 rings (SSSR count). The third-order valence-corrected chi connectivity index (χ3v) is 6.93. The lowest BCUT2D eigenvalue weighted by atomic mass is 9.87. The first-order valence-electron chi connectivity index (χ1n) is 11.8. The van der Waals surface area contributed by atoms with Crippen LogP contribution in [0.4, 0.5) is 4.79 Å². The molecule has 1 N–H and O–H groups in total. The maximum Gasteiger partial charge on any atom is 0.325 e. The van der Waals surface area contributed by atoms with E-state index in [9.17, 15) is 14.4 Å². The lowest BCUT2D eigenvalue weighted by molar-refractivity contribution is -0.131. The summed E-state index contributed by atoms with van der Waals surface area (Å²) in [5.74, 6) is 0.171. The highest BCUT2D eigenvalue weighted by molar-refractivity contribution is 6.11. The number of benzene rings is 2. The first-order valence-corrected chi connectivity index (χ1v) is 11.8. The van der Waals surface area contributed by atoms with E-state index in [2.05, 4.69) is 9.88 Å². The Morgan fingerprint density at radius 3 is 2.34 bits per heavy atom. The average Bonchev–Trinajstić information content (AvgIpc) is 3.30. The van der Waals surface area contributed by atoms with Crippen LogP contribution >= 0.6 is 0 Å². The number of rotatable bonds is 9. The normalized spacial score (nSPS) is 17.5. The van der Waals surface area contributed by atoms with Crippen molar-refractivity contribution in [2.45, 2.75) is 45.7 Å². The predicted molar refractivity (Wildman–Crippen MR) is 134 cm³/mol. The minimum Gasteiger partial charge on any atom is -0.497 e. The number of carbonyl (C=O) groups is 3. The Morgan fingerprint density at radius 1 is 1.03 bits per heavy atom. The van der Waals surface area contributed by atoms with E-state index in [0.29, 0.717) is 24.1 Å². The van der Waals surface area contributed by atoms with Gasteiger partial charge in [-0.1, -0.05) is 49.4 Å². The van der Waals surface area contributed by atoms with Gasteiger partial charge in [0.15, 0.2) is 5.78 Å². The number of ether oxygens (including phenoxy) is 1. The van der Waals surface area contributed by atoms with Crippen LogP contribution in [0.1, 0.15) is 46.2 Å². The van der Waals surface area contributed by atoms with E-state index in [0.717, 1.165) is 28.5 Å². The van der Waals surface area contributed by atoms with Crippen LogP contribution in [-0.4, -0.2) is 40.8 Å². The van der Waals surface area contributed by atoms with Crippen molar-refractivity contribution in [2.75, 3.05) is 13.7 Å². The maximum atomic E-state index is 13.4. The summed E-state index contributed by atoms with van der Waals surface area (Å²) in [5.41, 5.74) is 3.07. The van der Waals surface area contributed by atoms with E-state index in [-0.39, 0.29) is 12.3 Å². The van der Waals surface area contributed by atoms with Crippen LogP contribution in [0.2, 0.25) is 0 Å². The number of urea groups is 1. The lowest BCUT2D eigenvalue weighted by Gasteiger charge is -2.25. The van der Waals surface area contributed by atoms with Gasteiger partial charge in [-0.2, -0.15) is 0 Å². The van der Waals surface area contributed by atoms with Gasteiger partial charge >= 0.3 is 6.03 Å². The minimum atomic E-state index is -1.14. The molecule has 35 heavy (non-hydrogen) atoms. The Balaban J connectivity index is 1.50. The number of aromatic nitrogens is 1. The zero-order chi connectivity index (χ0) is 25.2. The molecule has 0 radical (unpaired) electrons. The number of nitrogens with one attached hydrogen (secondary N) is 1. The molecule has 1 saturated heterocycles. The summed E-state index contributed by atoms with van der Waals surface area (Å²) in [6.07, 6.45) is 1.20. The van der Waals surface area contributed by atoms with Crippen molar-refractivity contribution in [1.82, 2.24) is 14.8 Å². The second-order valence-electron chi connectivity index (χ2n) is 8.90. The van der Waals surface area contributed by atoms with E-state index < -0.39 is 17.5 Å². The second kappa shape index (κ2) is 9.78. The van der Waals surface area contributed by atoms with Gasteiger partial charge in [0.1, 0.15) is 11.3 Å². The fourth-order valence-corrected chi connectivity index (χ4v) is 4.82. The van der Waals surface area contributed by atoms with E-state index >= 15 is 0 Å². The summed E-state index contributed by atoms with van der Waals surface area (Å²) in [7, 11) is 1.64. The van der Waals surface area contributed by atoms with E-state index in [1.165, 1.54) is 5.56 Å². The molecule has 1 aliphatic heterocycles. The molecule has 7 heteroatoms. The van der Waals surface area contributed by atoms with Crippen LogP contribution in [0, 0.1) is 13.8 Å². The molecule has 7 nitrogen and oxygen atoms in total. The highest BCUT2D eigenvalue weighted by atomic mass is 16.5. The largest absolute Gasteiger partial charge is 0.497 e. The minimum absolute atomic E-state index is 0.253. The van der Waals surface area contributed by atoms with Gasteiger partial charge < -0.3 is 14.6 Å². The third kappa shape index (κ3) is 4.46. The van der Waals surface area contributed by atoms with Gasteiger partial charge in [0, 0.05) is 23.5 Å². The second-order valence-corrected chi connectivity index (χ2v) is 8.90. The highest BCUT2D eigenvalue weighted by Gasteiger charge is 2.51. The summed E-state index contributed by atoms with van der Waals surface area (Å²) in [4.78, 5) is 40.5. The molecule has 0 bridgehead atoms. The van der Waals surface area contributed by atoms with Crippen molar-refractivity contribution in [3.63, 3.8) is 0 Å². The van der Waals surface area contributed by atoms with Crippen LogP contribution in [0.15, 0.2) is 60.7 Å². The predicted octanol–water partition coefficient (Wildman–Crippen LogP) is 4.40. The first-order chi connectivity index (χ1) is 16.8. The molecule has 0 aliphatic carbocycles. The van der Waals surface area contributed by atoms with Crippen LogP contribution in [0.3, 0.4) is 0 Å². The molecule has 2 heterocycles. The zero-order valence-electron chi connectivity index (χ0n) is 20.6. The number of methoxy groups -OCH3 is 1. The molecule has 0 spiro atoms. The fraction of sp³-hybridized carbons (Fsp3) is 0.321. The smallest absolute Gasteiger partial charge is 0.325 e. The van der Waals surface area contributed by atoms with Crippen molar-refractivity contribution in [2.24, 2.45) is 0 Å². The highest BCUT2D eigenvalue weighted by Crippen LogP contribution is 2.32. The molecule has 0 saturated carbocycles. The summed E-state index contributed by atoms with van der Waals surface area (Å²) in [6, 6.07) is 18.4. The standard InChI is InChI=1S/C28H31N3O4/c1-5-28(22-9-7-6-8-10-22)26(33)31(27(34)29-28)18-25(32)24-17-19(2)30(20(24)3)16-15-21-11-13-23(35-4)14-12-21/h6-14,17H,5,15-16,18H2,1-4H3,(H,29,34). The van der Waals surface area contributed by atoms with Crippen LogP contribution in [-0.2, 0) is 23.3 Å². The molecule has 1 aromatic heterocycles. The van der Waals surface area contributed by atoms with Crippen LogP contribution in [0.5, 0.6) is 5.75 Å². The number of nitrogens with zero attached hydrogens (tertiary/aromatic N) is 2. The molecule has 3 aromatic rings. The Labute approximate surface area is 205 Å². The Morgan fingerprint density at radius 2 is 1.71 bits per heavy atom. The van der Waals surface area contributed by atoms with Crippen molar-refractivity contribution in [3.8, 4) is 5.75 Å². The summed E-state index contributed by atoms with van der Waals surface area (Å²) < 4.78 is 7.32. The van der Waals surface area contributed by atoms with Crippen molar-refractivity contribution in [3.05, 3.63) is 88.7 Å². The number of carbonyl (C=O) groups excluding carboxylic acids is 3. The van der Waals surface area contributed by atoms with Gasteiger partial charge in [0.05, 0.1) is 13.7 Å². The molecular formula is C28H31N3O4. The molecular weight excluding hydrogens is 442 g/mol. The summed E-state index contributed by atoms with van der Waals surface area (Å²) in [6.45, 7) is 6.14. The van der Waals surface area contributed by atoms with Crippen molar-refractivity contribution in [1.29, 1.82) is 0 Å². The summed E-state index contributed by atoms with van der Waals surface area (Å²) >= 11 is 0. The number of imide groups is 1. The summed E-state index contributed by atoms with van der Waals surface area (Å²) in [5, 5.41) is 2.84. The molecule has 2 aromatic carbocycles. The van der Waals surface area contributed by atoms with Crippen LogP contribution < -0.4 is 10.1 Å². The molecule has 1 unspecified atom stereocenters. The Kier molecular flexibility index (Phi) is 6.78.